The Morgan fingerprint density at radius 3 is 2.60 bits per heavy atom. The Morgan fingerprint density at radius 1 is 1.02 bits per heavy atom. The molecule has 9 heteroatoms. The van der Waals surface area contributed by atoms with E-state index in [4.69, 9.17) is 9.72 Å². The third-order valence-electron chi connectivity index (χ3n) is 9.06. The molecule has 0 aliphatic carbocycles. The van der Waals surface area contributed by atoms with Crippen LogP contribution in [0.2, 0.25) is 0 Å². The Hall–Kier alpha value is -3.82. The summed E-state index contributed by atoms with van der Waals surface area (Å²) in [5.74, 6) is -0.270. The largest absolute Gasteiger partial charge is 0.508 e. The first kappa shape index (κ1) is 29.3. The number of phenols is 1. The normalized spacial score (nSPS) is 23.6. The minimum Gasteiger partial charge on any atom is -0.508 e. The number of phenolic OH excluding ortho intramolecular Hbond substituents is 1. The van der Waals surface area contributed by atoms with E-state index in [0.717, 1.165) is 26.0 Å². The molecule has 226 valence electrons. The van der Waals surface area contributed by atoms with Gasteiger partial charge in [-0.25, -0.2) is 0 Å². The number of ether oxygens (including phenoxy) is 1. The van der Waals surface area contributed by atoms with Crippen LogP contribution >= 0.6 is 0 Å². The maximum Gasteiger partial charge on any atom is 0.255 e. The molecule has 7 rings (SSSR count). The van der Waals surface area contributed by atoms with Crippen LogP contribution in [0.1, 0.15) is 85.5 Å². The molecule has 2 aromatic carbocycles. The molecule has 1 aromatic heterocycles. The molecule has 3 fully saturated rings. The average Bonchev–Trinajstić information content (AvgIpc) is 3.60. The Labute approximate surface area is 252 Å². The summed E-state index contributed by atoms with van der Waals surface area (Å²) in [5.41, 5.74) is 3.84. The quantitative estimate of drug-likeness (QED) is 0.429. The number of carbonyl (C=O) groups excluding carboxylic acids is 3. The summed E-state index contributed by atoms with van der Waals surface area (Å²) in [6, 6.07) is 13.1. The van der Waals surface area contributed by atoms with Crippen molar-refractivity contribution in [1.82, 2.24) is 20.1 Å². The molecular weight excluding hydrogens is 544 g/mol. The first-order valence-electron chi connectivity index (χ1n) is 15.4. The lowest BCUT2D eigenvalue weighted by molar-refractivity contribution is -0.136. The van der Waals surface area contributed by atoms with Crippen LogP contribution in [0.4, 0.5) is 0 Å². The molecule has 0 spiro atoms. The molecule has 3 amide bonds. The van der Waals surface area contributed by atoms with E-state index in [2.05, 4.69) is 54.5 Å². The maximum atomic E-state index is 12.2. The van der Waals surface area contributed by atoms with Gasteiger partial charge in [0.1, 0.15) is 11.8 Å². The summed E-state index contributed by atoms with van der Waals surface area (Å²) in [7, 11) is 0. The van der Waals surface area contributed by atoms with E-state index < -0.39 is 11.9 Å². The summed E-state index contributed by atoms with van der Waals surface area (Å²) in [6.45, 7) is 8.98. The third-order valence-corrected chi connectivity index (χ3v) is 9.06. The van der Waals surface area contributed by atoms with Crippen LogP contribution in [-0.4, -0.2) is 69.0 Å². The maximum absolute atomic E-state index is 12.2. The van der Waals surface area contributed by atoms with Crippen molar-refractivity contribution in [3.8, 4) is 5.75 Å². The monoisotopic (exact) mass is 584 g/mol. The van der Waals surface area contributed by atoms with Crippen LogP contribution in [0.15, 0.2) is 48.7 Å². The van der Waals surface area contributed by atoms with Gasteiger partial charge < -0.3 is 14.7 Å². The molecule has 4 aliphatic heterocycles. The van der Waals surface area contributed by atoms with Crippen molar-refractivity contribution >= 4 is 28.5 Å². The summed E-state index contributed by atoms with van der Waals surface area (Å²) in [4.78, 5) is 43.8. The second kappa shape index (κ2) is 12.1. The fraction of sp³-hybridized carbons (Fsp3) is 0.471. The molecule has 2 N–H and O–H groups in total. The second-order valence-corrected chi connectivity index (χ2v) is 12.8. The van der Waals surface area contributed by atoms with Crippen molar-refractivity contribution in [1.29, 1.82) is 0 Å². The minimum absolute atomic E-state index is 0.00426. The lowest BCUT2D eigenvalue weighted by atomic mass is 9.83. The summed E-state index contributed by atoms with van der Waals surface area (Å²) in [6.07, 6.45) is 7.53. The van der Waals surface area contributed by atoms with Crippen molar-refractivity contribution < 1.29 is 24.2 Å². The van der Waals surface area contributed by atoms with E-state index >= 15 is 0 Å². The van der Waals surface area contributed by atoms with Gasteiger partial charge in [-0.05, 0) is 112 Å². The Balaban J connectivity index is 0.000000157. The van der Waals surface area contributed by atoms with Gasteiger partial charge in [0.15, 0.2) is 0 Å². The molecule has 3 saturated heterocycles. The van der Waals surface area contributed by atoms with Crippen molar-refractivity contribution in [3.05, 3.63) is 71.0 Å². The average molecular weight is 585 g/mol. The van der Waals surface area contributed by atoms with Crippen LogP contribution in [0.3, 0.4) is 0 Å². The molecule has 5 heterocycles. The predicted octanol–water partition coefficient (Wildman–Crippen LogP) is 4.66. The highest BCUT2D eigenvalue weighted by molar-refractivity contribution is 6.05. The van der Waals surface area contributed by atoms with E-state index in [-0.39, 0.29) is 36.1 Å². The van der Waals surface area contributed by atoms with Gasteiger partial charge in [-0.15, -0.1) is 0 Å². The fourth-order valence-corrected chi connectivity index (χ4v) is 6.79. The zero-order valence-electron chi connectivity index (χ0n) is 25.0. The van der Waals surface area contributed by atoms with Gasteiger partial charge in [-0.1, -0.05) is 12.1 Å². The number of aromatic hydroxyl groups is 1. The van der Waals surface area contributed by atoms with Crippen LogP contribution in [-0.2, 0) is 27.4 Å². The Bertz CT molecular complexity index is 1550. The van der Waals surface area contributed by atoms with Gasteiger partial charge in [-0.3, -0.25) is 29.6 Å². The number of nitrogens with one attached hydrogen (secondary N) is 1. The van der Waals surface area contributed by atoms with Gasteiger partial charge in [0.05, 0.1) is 11.3 Å². The van der Waals surface area contributed by atoms with Crippen LogP contribution in [0, 0.1) is 0 Å². The number of amides is 3. The lowest BCUT2D eigenvalue weighted by Crippen LogP contribution is -2.52. The Morgan fingerprint density at radius 2 is 1.84 bits per heavy atom. The van der Waals surface area contributed by atoms with Crippen LogP contribution < -0.4 is 5.32 Å². The molecular formula is C34H40N4O5. The smallest absolute Gasteiger partial charge is 0.255 e. The second-order valence-electron chi connectivity index (χ2n) is 12.8. The molecule has 2 atom stereocenters. The number of carbonyl (C=O) groups is 3. The Kier molecular flexibility index (Phi) is 8.20. The number of nitrogens with zero attached hydrogens (tertiary/aromatic N) is 3. The zero-order chi connectivity index (χ0) is 30.1. The van der Waals surface area contributed by atoms with Crippen molar-refractivity contribution in [2.45, 2.75) is 83.0 Å². The summed E-state index contributed by atoms with van der Waals surface area (Å²) < 4.78 is 5.87. The first-order chi connectivity index (χ1) is 20.6. The van der Waals surface area contributed by atoms with E-state index in [0.29, 0.717) is 23.5 Å². The highest BCUT2D eigenvalue weighted by atomic mass is 16.5. The van der Waals surface area contributed by atoms with Crippen LogP contribution in [0.25, 0.3) is 10.8 Å². The molecule has 9 nitrogen and oxygen atoms in total. The summed E-state index contributed by atoms with van der Waals surface area (Å²) in [5, 5.41) is 14.2. The molecule has 0 radical (unpaired) electrons. The summed E-state index contributed by atoms with van der Waals surface area (Å²) >= 11 is 0. The number of fused-ring (bicyclic) bond motifs is 2. The van der Waals surface area contributed by atoms with Gasteiger partial charge >= 0.3 is 0 Å². The van der Waals surface area contributed by atoms with Gasteiger partial charge in [-0.2, -0.15) is 0 Å². The number of benzene rings is 2. The predicted molar refractivity (Wildman–Crippen MR) is 162 cm³/mol. The number of imide groups is 1. The number of hydrogen-bond donors (Lipinski definition) is 2. The number of likely N-dealkylation sites (tertiary alicyclic amines) is 1. The highest BCUT2D eigenvalue weighted by Gasteiger charge is 2.39. The number of rotatable bonds is 4. The molecule has 0 saturated carbocycles. The number of hydrogen-bond acceptors (Lipinski definition) is 7. The van der Waals surface area contributed by atoms with Crippen molar-refractivity contribution in [2.75, 3.05) is 19.7 Å². The molecule has 3 aromatic rings. The standard InChI is InChI=1S/C21H28N2O.C13H12N2O4/c1-21(2)13-18(7-10-24-21)16-5-6-17-12-20(22-14-19(17)11-16)15-23-8-3-4-9-23;16-8-1-2-9-7(5-8)6-15(13(9)19)10-3-4-11(17)14-12(10)18/h5-6,11-12,14,18H,3-4,7-10,13,15H2,1-2H3;1-2,5,10,16H,3-4,6H2,(H,14,17,18). The van der Waals surface area contributed by atoms with Crippen molar-refractivity contribution in [2.24, 2.45) is 0 Å². The van der Waals surface area contributed by atoms with E-state index in [1.165, 1.54) is 65.0 Å². The SMILES string of the molecule is CC1(C)CC(c2ccc3cc(CN4CCCC4)ncc3c2)CCO1.O=C1CCC(N2Cc3cc(O)ccc3C2=O)C(=O)N1. The van der Waals surface area contributed by atoms with E-state index in [1.807, 2.05) is 0 Å². The lowest BCUT2D eigenvalue weighted by Gasteiger charge is -2.35. The topological polar surface area (TPSA) is 112 Å². The van der Waals surface area contributed by atoms with E-state index in [1.54, 1.807) is 6.07 Å². The highest BCUT2D eigenvalue weighted by Crippen LogP contribution is 2.36. The number of aromatic nitrogens is 1. The van der Waals surface area contributed by atoms with Gasteiger partial charge in [0, 0.05) is 43.3 Å². The number of piperidine rings is 1. The third kappa shape index (κ3) is 6.58. The fourth-order valence-electron chi connectivity index (χ4n) is 6.79. The molecule has 2 unspecified atom stereocenters. The zero-order valence-corrected chi connectivity index (χ0v) is 25.0. The molecule has 0 bridgehead atoms. The first-order valence-corrected chi connectivity index (χ1v) is 15.4. The van der Waals surface area contributed by atoms with E-state index in [9.17, 15) is 19.5 Å². The minimum atomic E-state index is -0.611. The van der Waals surface area contributed by atoms with Crippen molar-refractivity contribution in [3.63, 3.8) is 0 Å². The van der Waals surface area contributed by atoms with Gasteiger partial charge in [0.25, 0.3) is 5.91 Å². The molecule has 4 aliphatic rings. The van der Waals surface area contributed by atoms with Crippen LogP contribution in [0.5, 0.6) is 5.75 Å². The van der Waals surface area contributed by atoms with Gasteiger partial charge in [0.2, 0.25) is 11.8 Å². The molecule has 43 heavy (non-hydrogen) atoms. The number of pyridine rings is 1.